The zero-order valence-corrected chi connectivity index (χ0v) is 12.3. The second kappa shape index (κ2) is 7.36. The fraction of sp³-hybridized carbons (Fsp3) is 0.636. The van der Waals surface area contributed by atoms with Crippen LogP contribution >= 0.6 is 0 Å². The number of nitrogens with two attached hydrogens (primary N) is 1. The lowest BCUT2D eigenvalue weighted by atomic mass is 10.3. The maximum Gasteiger partial charge on any atom is 0.360 e. The predicted octanol–water partition coefficient (Wildman–Crippen LogP) is 0.203. The van der Waals surface area contributed by atoms with Crippen molar-refractivity contribution in [1.82, 2.24) is 10.2 Å². The molecule has 0 radical (unpaired) electrons. The summed E-state index contributed by atoms with van der Waals surface area (Å²) in [4.78, 5) is 11.5. The molecule has 1 aromatic rings. The maximum absolute atomic E-state index is 11.8. The number of carbonyl (C=O) groups is 1. The number of nitrogens with one attached hydrogen (secondary N) is 1. The fourth-order valence-corrected chi connectivity index (χ4v) is 2.49. The molecular weight excluding hydrogens is 286 g/mol. The molecule has 0 aromatic carbocycles. The third kappa shape index (κ3) is 4.29. The van der Waals surface area contributed by atoms with E-state index in [-0.39, 0.29) is 29.5 Å². The third-order valence-electron chi connectivity index (χ3n) is 2.43. The van der Waals surface area contributed by atoms with Gasteiger partial charge in [0.05, 0.1) is 12.3 Å². The Morgan fingerprint density at radius 3 is 2.55 bits per heavy atom. The van der Waals surface area contributed by atoms with E-state index in [9.17, 15) is 13.2 Å². The summed E-state index contributed by atoms with van der Waals surface area (Å²) < 4.78 is 33.0. The highest BCUT2D eigenvalue weighted by Gasteiger charge is 2.27. The molecule has 9 heteroatoms. The molecule has 0 bridgehead atoms. The van der Waals surface area contributed by atoms with Crippen LogP contribution in [0.3, 0.4) is 0 Å². The summed E-state index contributed by atoms with van der Waals surface area (Å²) >= 11 is 0. The molecule has 3 N–H and O–H groups in total. The Balaban J connectivity index is 2.76. The number of H-pyrrole nitrogens is 1. The lowest BCUT2D eigenvalue weighted by Gasteiger charge is -2.05. The van der Waals surface area contributed by atoms with E-state index in [4.69, 9.17) is 14.6 Å². The topological polar surface area (TPSA) is 124 Å². The molecule has 1 heterocycles. The van der Waals surface area contributed by atoms with Gasteiger partial charge in [0.2, 0.25) is 10.0 Å². The van der Waals surface area contributed by atoms with Crippen LogP contribution in [0.5, 0.6) is 0 Å². The number of carbonyl (C=O) groups excluding carboxylic acids is 1. The number of nitrogens with zero attached hydrogens (tertiary/aromatic N) is 1. The first kappa shape index (κ1) is 16.6. The summed E-state index contributed by atoms with van der Waals surface area (Å²) in [6, 6.07) is 0. The van der Waals surface area contributed by atoms with Gasteiger partial charge in [-0.05, 0) is 12.8 Å². The molecule has 0 atom stereocenters. The number of aromatic nitrogens is 2. The Morgan fingerprint density at radius 2 is 2.00 bits per heavy atom. The molecule has 0 aliphatic carbocycles. The van der Waals surface area contributed by atoms with Gasteiger partial charge in [-0.25, -0.2) is 18.4 Å². The third-order valence-corrected chi connectivity index (χ3v) is 3.44. The van der Waals surface area contributed by atoms with Gasteiger partial charge >= 0.3 is 5.97 Å². The molecule has 8 nitrogen and oxygen atoms in total. The van der Waals surface area contributed by atoms with Crippen LogP contribution < -0.4 is 5.14 Å². The Labute approximate surface area is 117 Å². The van der Waals surface area contributed by atoms with Crippen molar-refractivity contribution < 1.29 is 22.7 Å². The standard InChI is InChI=1S/C11H19N3O5S/c1-3-5-18-6-7-19-11(15)9-10(20(12,16)17)8(4-2)13-14-9/h3-7H2,1-2H3,(H,13,14)(H2,12,16,17). The van der Waals surface area contributed by atoms with Crippen LogP contribution in [0.4, 0.5) is 0 Å². The fourth-order valence-electron chi connectivity index (χ4n) is 1.56. The minimum atomic E-state index is -4.04. The molecule has 0 fully saturated rings. The molecule has 1 rings (SSSR count). The Morgan fingerprint density at radius 1 is 1.30 bits per heavy atom. The van der Waals surface area contributed by atoms with Crippen LogP contribution in [0.2, 0.25) is 0 Å². The molecule has 0 unspecified atom stereocenters. The second-order valence-electron chi connectivity index (χ2n) is 4.03. The molecule has 0 aliphatic rings. The van der Waals surface area contributed by atoms with E-state index in [1.54, 1.807) is 6.92 Å². The van der Waals surface area contributed by atoms with Crippen molar-refractivity contribution in [3.05, 3.63) is 11.4 Å². The molecule has 0 spiro atoms. The first-order chi connectivity index (χ1) is 9.41. The smallest absolute Gasteiger partial charge is 0.360 e. The van der Waals surface area contributed by atoms with E-state index < -0.39 is 16.0 Å². The van der Waals surface area contributed by atoms with Crippen molar-refractivity contribution in [2.45, 2.75) is 31.6 Å². The number of aryl methyl sites for hydroxylation is 1. The first-order valence-corrected chi connectivity index (χ1v) is 7.81. The lowest BCUT2D eigenvalue weighted by Crippen LogP contribution is -2.19. The zero-order valence-electron chi connectivity index (χ0n) is 11.5. The average molecular weight is 305 g/mol. The van der Waals surface area contributed by atoms with Crippen LogP contribution in [0.1, 0.15) is 36.5 Å². The molecule has 0 saturated heterocycles. The van der Waals surface area contributed by atoms with Crippen LogP contribution in [0, 0.1) is 0 Å². The Kier molecular flexibility index (Phi) is 6.11. The van der Waals surface area contributed by atoms with Gasteiger partial charge in [-0.15, -0.1) is 0 Å². The van der Waals surface area contributed by atoms with E-state index in [0.717, 1.165) is 6.42 Å². The summed E-state index contributed by atoms with van der Waals surface area (Å²) in [7, 11) is -4.04. The van der Waals surface area contributed by atoms with Gasteiger partial charge in [0.25, 0.3) is 0 Å². The number of hydrogen-bond acceptors (Lipinski definition) is 6. The number of hydrogen-bond donors (Lipinski definition) is 2. The van der Waals surface area contributed by atoms with Crippen molar-refractivity contribution in [2.75, 3.05) is 19.8 Å². The average Bonchev–Trinajstić information content (AvgIpc) is 2.82. The van der Waals surface area contributed by atoms with Crippen LogP contribution in [0.15, 0.2) is 4.90 Å². The normalized spacial score (nSPS) is 11.6. The van der Waals surface area contributed by atoms with Crippen molar-refractivity contribution in [3.8, 4) is 0 Å². The van der Waals surface area contributed by atoms with Gasteiger partial charge in [0.1, 0.15) is 11.5 Å². The highest BCUT2D eigenvalue weighted by Crippen LogP contribution is 2.18. The lowest BCUT2D eigenvalue weighted by molar-refractivity contribution is 0.0309. The number of esters is 1. The number of aromatic amines is 1. The summed E-state index contributed by atoms with van der Waals surface area (Å²) in [6.45, 7) is 4.52. The van der Waals surface area contributed by atoms with Crippen molar-refractivity contribution in [1.29, 1.82) is 0 Å². The molecule has 20 heavy (non-hydrogen) atoms. The number of rotatable bonds is 8. The van der Waals surface area contributed by atoms with Crippen molar-refractivity contribution >= 4 is 16.0 Å². The van der Waals surface area contributed by atoms with Gasteiger partial charge in [0, 0.05) is 6.61 Å². The van der Waals surface area contributed by atoms with Crippen LogP contribution in [0.25, 0.3) is 0 Å². The molecule has 0 amide bonds. The van der Waals surface area contributed by atoms with Gasteiger partial charge < -0.3 is 9.47 Å². The quantitative estimate of drug-likeness (QED) is 0.522. The van der Waals surface area contributed by atoms with Gasteiger partial charge in [-0.2, -0.15) is 5.10 Å². The summed E-state index contributed by atoms with van der Waals surface area (Å²) in [5, 5.41) is 11.2. The summed E-state index contributed by atoms with van der Waals surface area (Å²) in [6.07, 6.45) is 1.22. The van der Waals surface area contributed by atoms with Crippen LogP contribution in [-0.4, -0.2) is 44.4 Å². The summed E-state index contributed by atoms with van der Waals surface area (Å²) in [5.74, 6) is -0.843. The van der Waals surface area contributed by atoms with Crippen molar-refractivity contribution in [3.63, 3.8) is 0 Å². The number of ether oxygens (including phenoxy) is 2. The van der Waals surface area contributed by atoms with E-state index >= 15 is 0 Å². The van der Waals surface area contributed by atoms with Gasteiger partial charge in [0.15, 0.2) is 5.69 Å². The van der Waals surface area contributed by atoms with E-state index in [1.807, 2.05) is 6.92 Å². The number of primary sulfonamides is 1. The Hall–Kier alpha value is -1.45. The molecule has 0 aliphatic heterocycles. The van der Waals surface area contributed by atoms with Gasteiger partial charge in [-0.1, -0.05) is 13.8 Å². The predicted molar refractivity (Wildman–Crippen MR) is 70.7 cm³/mol. The molecule has 1 aromatic heterocycles. The van der Waals surface area contributed by atoms with Crippen LogP contribution in [-0.2, 0) is 25.9 Å². The van der Waals surface area contributed by atoms with E-state index in [2.05, 4.69) is 10.2 Å². The SMILES string of the molecule is CCCOCCOC(=O)c1n[nH]c(CC)c1S(N)(=O)=O. The minimum Gasteiger partial charge on any atom is -0.458 e. The maximum atomic E-state index is 11.8. The molecule has 0 saturated carbocycles. The van der Waals surface area contributed by atoms with E-state index in [0.29, 0.717) is 13.0 Å². The first-order valence-electron chi connectivity index (χ1n) is 6.26. The highest BCUT2D eigenvalue weighted by atomic mass is 32.2. The zero-order chi connectivity index (χ0) is 15.2. The molecular formula is C11H19N3O5S. The van der Waals surface area contributed by atoms with Gasteiger partial charge in [-0.3, -0.25) is 5.10 Å². The molecule has 114 valence electrons. The van der Waals surface area contributed by atoms with Crippen molar-refractivity contribution in [2.24, 2.45) is 5.14 Å². The minimum absolute atomic E-state index is 0.0250. The van der Waals surface area contributed by atoms with E-state index in [1.165, 1.54) is 0 Å². The Bertz CT molecular complexity index is 552. The number of sulfonamides is 1. The monoisotopic (exact) mass is 305 g/mol. The highest BCUT2D eigenvalue weighted by molar-refractivity contribution is 7.89. The largest absolute Gasteiger partial charge is 0.458 e. The summed E-state index contributed by atoms with van der Waals surface area (Å²) in [5.41, 5.74) is -0.0403. The second-order valence-corrected chi connectivity index (χ2v) is 5.53.